The first-order valence-corrected chi connectivity index (χ1v) is 6.25. The van der Waals surface area contributed by atoms with Crippen LogP contribution in [0.5, 0.6) is 5.75 Å². The number of benzene rings is 2. The van der Waals surface area contributed by atoms with Crippen molar-refractivity contribution in [3.8, 4) is 5.75 Å². The minimum absolute atomic E-state index is 1.82. The molecule has 0 aliphatic heterocycles. The molecule has 0 amide bonds. The minimum Gasteiger partial charge on any atom is -0.503 e. The van der Waals surface area contributed by atoms with E-state index in [0.717, 1.165) is 0 Å². The lowest BCUT2D eigenvalue weighted by Crippen LogP contribution is -2.38. The fourth-order valence-corrected chi connectivity index (χ4v) is 2.62. The summed E-state index contributed by atoms with van der Waals surface area (Å²) in [6.45, 7) is 0. The first-order chi connectivity index (χ1) is 11.4. The van der Waals surface area contributed by atoms with Gasteiger partial charge in [0.2, 0.25) is 12.0 Å². The van der Waals surface area contributed by atoms with Crippen molar-refractivity contribution in [3.63, 3.8) is 0 Å². The summed E-state index contributed by atoms with van der Waals surface area (Å²) in [5.41, 5.74) is -4.13. The average molecular weight is 374 g/mol. The second kappa shape index (κ2) is 5.04. The van der Waals surface area contributed by atoms with E-state index in [4.69, 9.17) is 5.11 Å². The maximum absolute atomic E-state index is 14.0. The summed E-state index contributed by atoms with van der Waals surface area (Å²) in [7, 11) is 0. The van der Waals surface area contributed by atoms with Gasteiger partial charge in [-0.15, -0.1) is 0 Å². The molecule has 2 aromatic rings. The van der Waals surface area contributed by atoms with Gasteiger partial charge in [-0.05, 0) is 0 Å². The van der Waals surface area contributed by atoms with Crippen LogP contribution >= 0.6 is 0 Å². The second-order valence-electron chi connectivity index (χ2n) is 5.12. The number of phenols is 1. The largest absolute Gasteiger partial charge is 0.503 e. The number of hydrogen-bond acceptors (Lipinski definition) is 2. The molecule has 2 unspecified atom stereocenters. The highest BCUT2D eigenvalue weighted by atomic mass is 19.2. The van der Waals surface area contributed by atoms with E-state index >= 15 is 0 Å². The topological polar surface area (TPSA) is 40.5 Å². The van der Waals surface area contributed by atoms with Crippen molar-refractivity contribution in [2.45, 2.75) is 12.0 Å². The number of aliphatic hydroxyl groups is 1. The summed E-state index contributed by atoms with van der Waals surface area (Å²) in [4.78, 5) is 0. The van der Waals surface area contributed by atoms with Gasteiger partial charge in [-0.25, -0.2) is 35.1 Å². The molecule has 3 rings (SSSR count). The van der Waals surface area contributed by atoms with E-state index in [2.05, 4.69) is 0 Å². The van der Waals surface area contributed by atoms with Crippen molar-refractivity contribution in [2.75, 3.05) is 0 Å². The van der Waals surface area contributed by atoms with E-state index < -0.39 is 80.4 Å². The van der Waals surface area contributed by atoms with Crippen molar-refractivity contribution in [2.24, 2.45) is 0 Å². The van der Waals surface area contributed by atoms with Gasteiger partial charge in [0.1, 0.15) is 0 Å². The van der Waals surface area contributed by atoms with Crippen molar-refractivity contribution >= 4 is 16.6 Å². The molecule has 11 heteroatoms. The van der Waals surface area contributed by atoms with Gasteiger partial charge < -0.3 is 10.2 Å². The SMILES string of the molecule is Oc1c(F)c(F)c2c(F)c(F)c3c(c2c1F)C(F)=C(F)C(F)C3(O)F. The van der Waals surface area contributed by atoms with Crippen LogP contribution in [0.25, 0.3) is 16.6 Å². The van der Waals surface area contributed by atoms with Gasteiger partial charge in [-0.3, -0.25) is 0 Å². The van der Waals surface area contributed by atoms with Crippen LogP contribution in [0.1, 0.15) is 11.1 Å². The van der Waals surface area contributed by atoms with E-state index in [-0.39, 0.29) is 0 Å². The van der Waals surface area contributed by atoms with Crippen molar-refractivity contribution in [3.05, 3.63) is 46.0 Å². The Morgan fingerprint density at radius 2 is 1.28 bits per heavy atom. The molecule has 2 atom stereocenters. The quantitative estimate of drug-likeness (QED) is 0.533. The number of halogens is 9. The summed E-state index contributed by atoms with van der Waals surface area (Å²) in [6.07, 6.45) is -3.84. The first-order valence-electron chi connectivity index (χ1n) is 6.25. The average Bonchev–Trinajstić information content (AvgIpc) is 2.56. The molecule has 0 heterocycles. The molecule has 2 N–H and O–H groups in total. The Morgan fingerprint density at radius 1 is 0.760 bits per heavy atom. The maximum atomic E-state index is 14.0. The van der Waals surface area contributed by atoms with Gasteiger partial charge >= 0.3 is 0 Å². The predicted molar refractivity (Wildman–Crippen MR) is 64.4 cm³/mol. The molecule has 0 aromatic heterocycles. The fraction of sp³-hybridized carbons (Fsp3) is 0.143. The van der Waals surface area contributed by atoms with Crippen LogP contribution in [0, 0.1) is 29.1 Å². The minimum atomic E-state index is -4.69. The predicted octanol–water partition coefficient (Wildman–Crippen LogP) is 4.31. The Balaban J connectivity index is 2.73. The smallest absolute Gasteiger partial charge is 0.274 e. The standard InChI is InChI=1S/C14H3F9O2/c15-5-2-1-3(7(17)10(20)12(24)8(1)18)6(16)9(19)4(2)14(23,25)13(22)11(5)21/h13,24-25H. The van der Waals surface area contributed by atoms with E-state index in [9.17, 15) is 44.6 Å². The van der Waals surface area contributed by atoms with Crippen molar-refractivity contribution in [1.29, 1.82) is 0 Å². The summed E-state index contributed by atoms with van der Waals surface area (Å²) in [5.74, 6) is -24.2. The summed E-state index contributed by atoms with van der Waals surface area (Å²) in [5, 5.41) is 14.7. The van der Waals surface area contributed by atoms with E-state index in [1.165, 1.54) is 0 Å². The highest BCUT2D eigenvalue weighted by molar-refractivity contribution is 5.97. The lowest BCUT2D eigenvalue weighted by atomic mass is 9.85. The first kappa shape index (κ1) is 17.4. The van der Waals surface area contributed by atoms with E-state index in [1.807, 2.05) is 0 Å². The molecule has 1 aliphatic carbocycles. The van der Waals surface area contributed by atoms with Gasteiger partial charge in [0.05, 0.1) is 10.9 Å². The van der Waals surface area contributed by atoms with Crippen LogP contribution in [0.4, 0.5) is 39.5 Å². The van der Waals surface area contributed by atoms with E-state index in [0.29, 0.717) is 0 Å². The fourth-order valence-electron chi connectivity index (χ4n) is 2.62. The lowest BCUT2D eigenvalue weighted by molar-refractivity contribution is -0.149. The molecule has 25 heavy (non-hydrogen) atoms. The zero-order chi connectivity index (χ0) is 19.0. The zero-order valence-electron chi connectivity index (χ0n) is 11.4. The number of rotatable bonds is 0. The van der Waals surface area contributed by atoms with E-state index in [1.54, 1.807) is 0 Å². The Bertz CT molecular complexity index is 981. The Morgan fingerprint density at radius 3 is 1.84 bits per heavy atom. The number of aromatic hydroxyl groups is 1. The van der Waals surface area contributed by atoms with Gasteiger partial charge in [-0.2, -0.15) is 4.39 Å². The van der Waals surface area contributed by atoms with Gasteiger partial charge in [-0.1, -0.05) is 0 Å². The third kappa shape index (κ3) is 1.92. The molecule has 0 fully saturated rings. The van der Waals surface area contributed by atoms with Gasteiger partial charge in [0.25, 0.3) is 5.85 Å². The molecule has 0 saturated heterocycles. The molecular weight excluding hydrogens is 371 g/mol. The summed E-state index contributed by atoms with van der Waals surface area (Å²) >= 11 is 0. The third-order valence-corrected chi connectivity index (χ3v) is 3.77. The van der Waals surface area contributed by atoms with Crippen LogP contribution in [0.3, 0.4) is 0 Å². The maximum Gasteiger partial charge on any atom is 0.274 e. The number of phenolic OH excluding ortho intramolecular Hbond substituents is 1. The highest BCUT2D eigenvalue weighted by Gasteiger charge is 2.53. The van der Waals surface area contributed by atoms with Gasteiger partial charge in [0.15, 0.2) is 40.7 Å². The summed E-state index contributed by atoms with van der Waals surface area (Å²) < 4.78 is 124. The third-order valence-electron chi connectivity index (χ3n) is 3.77. The monoisotopic (exact) mass is 374 g/mol. The Labute approximate surface area is 131 Å². The van der Waals surface area contributed by atoms with Gasteiger partial charge in [0, 0.05) is 10.9 Å². The Kier molecular flexibility index (Phi) is 3.50. The molecule has 0 bridgehead atoms. The van der Waals surface area contributed by atoms with Crippen molar-refractivity contribution < 1.29 is 49.7 Å². The molecule has 2 aromatic carbocycles. The molecule has 0 saturated carbocycles. The van der Waals surface area contributed by atoms with Crippen LogP contribution in [0.15, 0.2) is 5.83 Å². The number of alkyl halides is 2. The zero-order valence-corrected chi connectivity index (χ0v) is 11.4. The van der Waals surface area contributed by atoms with Crippen LogP contribution < -0.4 is 0 Å². The van der Waals surface area contributed by atoms with Crippen LogP contribution in [-0.4, -0.2) is 16.4 Å². The Hall–Kier alpha value is -2.43. The molecule has 0 radical (unpaired) electrons. The highest BCUT2D eigenvalue weighted by Crippen LogP contribution is 2.51. The molecule has 0 spiro atoms. The normalized spacial score (nSPS) is 23.4. The lowest BCUT2D eigenvalue weighted by Gasteiger charge is -2.30. The number of fused-ring (bicyclic) bond motifs is 3. The van der Waals surface area contributed by atoms with Crippen LogP contribution in [-0.2, 0) is 5.85 Å². The molecule has 2 nitrogen and oxygen atoms in total. The molecule has 134 valence electrons. The second-order valence-corrected chi connectivity index (χ2v) is 5.12. The van der Waals surface area contributed by atoms with Crippen LogP contribution in [0.2, 0.25) is 0 Å². The molecular formula is C14H3F9O2. The summed E-state index contributed by atoms with van der Waals surface area (Å²) in [6, 6.07) is 0. The van der Waals surface area contributed by atoms with Crippen molar-refractivity contribution in [1.82, 2.24) is 0 Å². The molecule has 1 aliphatic rings. The number of hydrogen-bond donors (Lipinski definition) is 2.